The number of nitrogens with one attached hydrogen (secondary N) is 1. The predicted octanol–water partition coefficient (Wildman–Crippen LogP) is 4.23. The molecule has 0 radical (unpaired) electrons. The lowest BCUT2D eigenvalue weighted by atomic mass is 9.85. The normalized spacial score (nSPS) is 24.6. The van der Waals surface area contributed by atoms with Gasteiger partial charge in [0, 0.05) is 38.3 Å². The van der Waals surface area contributed by atoms with E-state index < -0.39 is 19.1 Å². The number of para-hydroxylation sites is 2. The highest BCUT2D eigenvalue weighted by molar-refractivity contribution is 5.78. The zero-order chi connectivity index (χ0) is 27.5. The number of hydrogen-bond donors (Lipinski definition) is 1. The number of anilines is 2. The Hall–Kier alpha value is -2.96. The van der Waals surface area contributed by atoms with Gasteiger partial charge in [0.25, 0.3) is 6.43 Å². The van der Waals surface area contributed by atoms with Crippen LogP contribution in [0.2, 0.25) is 0 Å². The summed E-state index contributed by atoms with van der Waals surface area (Å²) in [6.45, 7) is 4.81. The van der Waals surface area contributed by atoms with Gasteiger partial charge in [0.1, 0.15) is 18.3 Å². The lowest BCUT2D eigenvalue weighted by molar-refractivity contribution is 0.00539. The molecule has 1 N–H and O–H groups in total. The van der Waals surface area contributed by atoms with Gasteiger partial charge in [-0.2, -0.15) is 9.97 Å². The van der Waals surface area contributed by atoms with Crippen LogP contribution >= 0.6 is 0 Å². The fourth-order valence-electron chi connectivity index (χ4n) is 6.17. The van der Waals surface area contributed by atoms with Crippen LogP contribution in [0.1, 0.15) is 37.9 Å². The Labute approximate surface area is 231 Å². The van der Waals surface area contributed by atoms with Crippen molar-refractivity contribution < 1.29 is 22.6 Å². The van der Waals surface area contributed by atoms with Crippen molar-refractivity contribution in [3.63, 3.8) is 0 Å². The summed E-state index contributed by atoms with van der Waals surface area (Å²) >= 11 is 0. The molecule has 40 heavy (non-hydrogen) atoms. The maximum Gasteiger partial charge on any atom is 0.296 e. The molecule has 0 amide bonds. The van der Waals surface area contributed by atoms with Gasteiger partial charge in [-0.05, 0) is 43.7 Å². The number of fused-ring (bicyclic) bond motifs is 1. The Morgan fingerprint density at radius 3 is 2.45 bits per heavy atom. The van der Waals surface area contributed by atoms with Gasteiger partial charge in [-0.15, -0.1) is 0 Å². The third-order valence-electron chi connectivity index (χ3n) is 8.34. The first-order valence-corrected chi connectivity index (χ1v) is 14.2. The highest BCUT2D eigenvalue weighted by atomic mass is 19.3. The second kappa shape index (κ2) is 12.3. The molecule has 1 aromatic carbocycles. The number of rotatable bonds is 8. The van der Waals surface area contributed by atoms with Gasteiger partial charge >= 0.3 is 0 Å². The van der Waals surface area contributed by atoms with Crippen LogP contribution in [0, 0.1) is 5.92 Å². The topological polar surface area (TPSA) is 80.6 Å². The van der Waals surface area contributed by atoms with Crippen LogP contribution in [-0.2, 0) is 9.47 Å². The number of morpholine rings is 2. The Balaban J connectivity index is 1.27. The number of nitrogens with zero attached hydrogens (tertiary/aromatic N) is 6. The number of halogens is 3. The molecule has 3 aliphatic rings. The minimum atomic E-state index is -2.80. The van der Waals surface area contributed by atoms with E-state index in [0.717, 1.165) is 52.0 Å². The summed E-state index contributed by atoms with van der Waals surface area (Å²) in [5.41, 5.74) is 0.983. The van der Waals surface area contributed by atoms with Crippen molar-refractivity contribution in [1.29, 1.82) is 0 Å². The lowest BCUT2D eigenvalue weighted by Crippen LogP contribution is -2.47. The third kappa shape index (κ3) is 5.75. The second-order valence-corrected chi connectivity index (χ2v) is 10.8. The summed E-state index contributed by atoms with van der Waals surface area (Å²) in [5, 5.41) is 3.39. The van der Waals surface area contributed by atoms with Crippen LogP contribution in [0.3, 0.4) is 0 Å². The monoisotopic (exact) mass is 559 g/mol. The molecule has 2 saturated heterocycles. The molecule has 2 aliphatic heterocycles. The molecule has 0 unspecified atom stereocenters. The SMILES string of the molecule is FC[C@@H]1COCCN1c1cc(-n2c(C(F)F)nc3ccccc32)nc(NC[C@H]2CC[C@H](N3CCOCC3)CC2)n1. The van der Waals surface area contributed by atoms with Gasteiger partial charge in [-0.3, -0.25) is 9.47 Å². The second-order valence-electron chi connectivity index (χ2n) is 10.8. The van der Waals surface area contributed by atoms with Crippen molar-refractivity contribution in [1.82, 2.24) is 24.4 Å². The van der Waals surface area contributed by atoms with Crippen LogP contribution in [0.15, 0.2) is 30.3 Å². The number of ether oxygens (including phenoxy) is 2. The molecular formula is C28H36F3N7O2. The van der Waals surface area contributed by atoms with E-state index in [9.17, 15) is 13.2 Å². The van der Waals surface area contributed by atoms with Crippen molar-refractivity contribution in [2.75, 3.05) is 69.5 Å². The smallest absolute Gasteiger partial charge is 0.296 e. The fourth-order valence-corrected chi connectivity index (χ4v) is 6.17. The average molecular weight is 560 g/mol. The minimum Gasteiger partial charge on any atom is -0.379 e. The average Bonchev–Trinajstić information content (AvgIpc) is 3.41. The third-order valence-corrected chi connectivity index (χ3v) is 8.34. The van der Waals surface area contributed by atoms with Crippen molar-refractivity contribution in [3.05, 3.63) is 36.2 Å². The van der Waals surface area contributed by atoms with E-state index in [1.165, 1.54) is 4.57 Å². The van der Waals surface area contributed by atoms with Crippen LogP contribution < -0.4 is 10.2 Å². The molecule has 1 aliphatic carbocycles. The standard InChI is InChI=1S/C28H36F3N7O2/c29-16-21-18-40-14-11-37(21)24-15-25(38-23-4-2-1-3-22(23)33-27(38)26(30)31)35-28(34-24)32-17-19-5-7-20(8-6-19)36-9-12-39-13-10-36/h1-4,15,19-21,26H,5-14,16-18H2,(H,32,34,35)/t19-,20-,21-/m1/s1. The van der Waals surface area contributed by atoms with E-state index in [1.54, 1.807) is 30.3 Å². The van der Waals surface area contributed by atoms with Gasteiger partial charge in [0.2, 0.25) is 5.95 Å². The van der Waals surface area contributed by atoms with Crippen molar-refractivity contribution in [2.45, 2.75) is 44.2 Å². The number of imidazole rings is 1. The molecule has 3 fully saturated rings. The Morgan fingerprint density at radius 2 is 1.68 bits per heavy atom. The lowest BCUT2D eigenvalue weighted by Gasteiger charge is -2.38. The molecule has 6 rings (SSSR count). The quantitative estimate of drug-likeness (QED) is 0.439. The molecule has 1 atom stereocenters. The van der Waals surface area contributed by atoms with E-state index in [2.05, 4.69) is 20.2 Å². The van der Waals surface area contributed by atoms with Gasteiger partial charge in [0.15, 0.2) is 5.82 Å². The number of alkyl halides is 3. The van der Waals surface area contributed by atoms with Crippen molar-refractivity contribution in [2.24, 2.45) is 5.92 Å². The Kier molecular flexibility index (Phi) is 8.35. The molecular weight excluding hydrogens is 523 g/mol. The highest BCUT2D eigenvalue weighted by Crippen LogP contribution is 2.31. The predicted molar refractivity (Wildman–Crippen MR) is 146 cm³/mol. The van der Waals surface area contributed by atoms with Gasteiger partial charge in [-0.1, -0.05) is 12.1 Å². The minimum absolute atomic E-state index is 0.237. The van der Waals surface area contributed by atoms with E-state index in [-0.39, 0.29) is 18.2 Å². The molecule has 0 spiro atoms. The van der Waals surface area contributed by atoms with Crippen LogP contribution in [0.4, 0.5) is 24.9 Å². The van der Waals surface area contributed by atoms with E-state index in [1.807, 2.05) is 4.90 Å². The summed E-state index contributed by atoms with van der Waals surface area (Å²) in [6, 6.07) is 8.74. The fraction of sp³-hybridized carbons (Fsp3) is 0.607. The first-order valence-electron chi connectivity index (χ1n) is 14.2. The zero-order valence-corrected chi connectivity index (χ0v) is 22.5. The van der Waals surface area contributed by atoms with Crippen LogP contribution in [0.5, 0.6) is 0 Å². The van der Waals surface area contributed by atoms with Gasteiger partial charge < -0.3 is 19.7 Å². The van der Waals surface area contributed by atoms with E-state index in [0.29, 0.717) is 54.5 Å². The molecule has 12 heteroatoms. The molecule has 1 saturated carbocycles. The number of hydrogen-bond acceptors (Lipinski definition) is 8. The molecule has 216 valence electrons. The zero-order valence-electron chi connectivity index (χ0n) is 22.5. The maximum atomic E-state index is 14.2. The summed E-state index contributed by atoms with van der Waals surface area (Å²) < 4.78 is 54.6. The van der Waals surface area contributed by atoms with Crippen LogP contribution in [-0.4, -0.2) is 95.8 Å². The summed E-state index contributed by atoms with van der Waals surface area (Å²) in [4.78, 5) is 18.0. The summed E-state index contributed by atoms with van der Waals surface area (Å²) in [7, 11) is 0. The first kappa shape index (κ1) is 27.2. The summed E-state index contributed by atoms with van der Waals surface area (Å²) in [5.74, 6) is 1.16. The summed E-state index contributed by atoms with van der Waals surface area (Å²) in [6.07, 6.45) is 1.67. The van der Waals surface area contributed by atoms with Crippen molar-refractivity contribution >= 4 is 22.8 Å². The molecule has 2 aromatic heterocycles. The number of aromatic nitrogens is 4. The molecule has 3 aromatic rings. The molecule has 9 nitrogen and oxygen atoms in total. The highest BCUT2D eigenvalue weighted by Gasteiger charge is 2.29. The van der Waals surface area contributed by atoms with Gasteiger partial charge in [0.05, 0.1) is 43.5 Å². The van der Waals surface area contributed by atoms with Gasteiger partial charge in [-0.25, -0.2) is 18.2 Å². The Morgan fingerprint density at radius 1 is 0.925 bits per heavy atom. The van der Waals surface area contributed by atoms with Crippen LogP contribution in [0.25, 0.3) is 16.9 Å². The maximum absolute atomic E-state index is 14.2. The van der Waals surface area contributed by atoms with E-state index >= 15 is 0 Å². The van der Waals surface area contributed by atoms with E-state index in [4.69, 9.17) is 14.5 Å². The molecule has 0 bridgehead atoms. The largest absolute Gasteiger partial charge is 0.379 e. The first-order chi connectivity index (χ1) is 19.6. The molecule has 4 heterocycles. The van der Waals surface area contributed by atoms with Crippen molar-refractivity contribution in [3.8, 4) is 5.82 Å². The number of benzene rings is 1. The Bertz CT molecular complexity index is 1280.